The summed E-state index contributed by atoms with van der Waals surface area (Å²) in [5.74, 6) is 5.43. The van der Waals surface area contributed by atoms with E-state index in [2.05, 4.69) is 11.5 Å². The van der Waals surface area contributed by atoms with Gasteiger partial charge in [0.05, 0.1) is 17.7 Å². The molecule has 1 amide bonds. The number of carbonyl (C=O) groups excluding carboxylic acids is 1. The van der Waals surface area contributed by atoms with Crippen molar-refractivity contribution in [2.24, 2.45) is 5.84 Å². The molecule has 0 bridgehead atoms. The zero-order chi connectivity index (χ0) is 14.5. The maximum Gasteiger partial charge on any atom is 0.263 e. The molecule has 1 aromatic carbocycles. The SMILES string of the molecule is Cc1ccc(C#N)cc1OCC1CCC(C(=O)NN)O1. The zero-order valence-corrected chi connectivity index (χ0v) is 11.3. The number of nitrogens with two attached hydrogens (primary N) is 1. The van der Waals surface area contributed by atoms with E-state index in [4.69, 9.17) is 20.6 Å². The fourth-order valence-electron chi connectivity index (χ4n) is 2.12. The number of benzene rings is 1. The van der Waals surface area contributed by atoms with E-state index in [1.165, 1.54) is 0 Å². The van der Waals surface area contributed by atoms with Gasteiger partial charge < -0.3 is 9.47 Å². The third-order valence-electron chi connectivity index (χ3n) is 3.28. The van der Waals surface area contributed by atoms with E-state index in [0.717, 1.165) is 12.0 Å². The van der Waals surface area contributed by atoms with Crippen LogP contribution in [0.5, 0.6) is 5.75 Å². The van der Waals surface area contributed by atoms with Crippen LogP contribution in [0.2, 0.25) is 0 Å². The van der Waals surface area contributed by atoms with Crippen molar-refractivity contribution in [1.29, 1.82) is 5.26 Å². The summed E-state index contributed by atoms with van der Waals surface area (Å²) in [7, 11) is 0. The van der Waals surface area contributed by atoms with E-state index in [1.54, 1.807) is 12.1 Å². The van der Waals surface area contributed by atoms with Crippen molar-refractivity contribution in [1.82, 2.24) is 5.43 Å². The molecule has 20 heavy (non-hydrogen) atoms. The van der Waals surface area contributed by atoms with Gasteiger partial charge in [0.1, 0.15) is 18.5 Å². The Morgan fingerprint density at radius 1 is 1.60 bits per heavy atom. The second-order valence-electron chi connectivity index (χ2n) is 4.74. The summed E-state index contributed by atoms with van der Waals surface area (Å²) >= 11 is 0. The standard InChI is InChI=1S/C14H17N3O3/c1-9-2-3-10(7-15)6-13(9)19-8-11-4-5-12(20-11)14(18)17-16/h2-3,6,11-12H,4-5,8,16H2,1H3,(H,17,18). The Bertz CT molecular complexity index is 539. The van der Waals surface area contributed by atoms with Crippen molar-refractivity contribution in [3.05, 3.63) is 29.3 Å². The lowest BCUT2D eigenvalue weighted by molar-refractivity contribution is -0.132. The number of carbonyl (C=O) groups is 1. The number of rotatable bonds is 4. The normalized spacial score (nSPS) is 21.2. The number of nitriles is 1. The summed E-state index contributed by atoms with van der Waals surface area (Å²) < 4.78 is 11.2. The molecule has 0 radical (unpaired) electrons. The second kappa shape index (κ2) is 6.37. The summed E-state index contributed by atoms with van der Waals surface area (Å²) in [5.41, 5.74) is 3.60. The molecule has 0 saturated carbocycles. The quantitative estimate of drug-likeness (QED) is 0.481. The Labute approximate surface area is 117 Å². The van der Waals surface area contributed by atoms with Crippen LogP contribution in [0.25, 0.3) is 0 Å². The fourth-order valence-corrected chi connectivity index (χ4v) is 2.12. The molecule has 0 spiro atoms. The molecule has 106 valence electrons. The first-order valence-electron chi connectivity index (χ1n) is 6.43. The zero-order valence-electron chi connectivity index (χ0n) is 11.3. The molecule has 1 aromatic rings. The van der Waals surface area contributed by atoms with Gasteiger partial charge in [-0.25, -0.2) is 5.84 Å². The molecule has 2 unspecified atom stereocenters. The minimum atomic E-state index is -0.500. The van der Waals surface area contributed by atoms with Gasteiger partial charge in [-0.1, -0.05) is 6.07 Å². The predicted molar refractivity (Wildman–Crippen MR) is 71.6 cm³/mol. The lowest BCUT2D eigenvalue weighted by Crippen LogP contribution is -2.39. The van der Waals surface area contributed by atoms with Crippen LogP contribution in [0.4, 0.5) is 0 Å². The molecule has 1 aliphatic heterocycles. The first-order chi connectivity index (χ1) is 9.63. The third kappa shape index (κ3) is 3.26. The molecule has 6 heteroatoms. The molecule has 3 N–H and O–H groups in total. The lowest BCUT2D eigenvalue weighted by atomic mass is 10.1. The second-order valence-corrected chi connectivity index (χ2v) is 4.74. The molecule has 1 aliphatic rings. The molecule has 0 aromatic heterocycles. The number of aryl methyl sites for hydroxylation is 1. The molecule has 1 heterocycles. The van der Waals surface area contributed by atoms with Crippen LogP contribution < -0.4 is 16.0 Å². The Balaban J connectivity index is 1.91. The van der Waals surface area contributed by atoms with E-state index in [-0.39, 0.29) is 12.0 Å². The molecule has 0 aliphatic carbocycles. The van der Waals surface area contributed by atoms with E-state index in [1.807, 2.05) is 13.0 Å². The molecule has 2 atom stereocenters. The minimum Gasteiger partial charge on any atom is -0.491 e. The Morgan fingerprint density at radius 3 is 3.10 bits per heavy atom. The van der Waals surface area contributed by atoms with Crippen LogP contribution >= 0.6 is 0 Å². The van der Waals surface area contributed by atoms with Gasteiger partial charge in [0.25, 0.3) is 5.91 Å². The molecular weight excluding hydrogens is 258 g/mol. The number of hydrazine groups is 1. The van der Waals surface area contributed by atoms with E-state index in [0.29, 0.717) is 24.3 Å². The summed E-state index contributed by atoms with van der Waals surface area (Å²) in [6, 6.07) is 7.36. The first kappa shape index (κ1) is 14.3. The van der Waals surface area contributed by atoms with Gasteiger partial charge >= 0.3 is 0 Å². The van der Waals surface area contributed by atoms with Gasteiger partial charge in [-0.05, 0) is 37.5 Å². The Kier molecular flexibility index (Phi) is 4.56. The molecule has 1 saturated heterocycles. The number of nitrogens with one attached hydrogen (secondary N) is 1. The average molecular weight is 275 g/mol. The number of nitrogens with zero attached hydrogens (tertiary/aromatic N) is 1. The largest absolute Gasteiger partial charge is 0.491 e. The number of amides is 1. The maximum absolute atomic E-state index is 11.3. The van der Waals surface area contributed by atoms with Gasteiger partial charge in [-0.2, -0.15) is 5.26 Å². The highest BCUT2D eigenvalue weighted by atomic mass is 16.5. The minimum absolute atomic E-state index is 0.137. The van der Waals surface area contributed by atoms with E-state index < -0.39 is 6.10 Å². The summed E-state index contributed by atoms with van der Waals surface area (Å²) in [4.78, 5) is 11.3. The Hall–Kier alpha value is -2.10. The number of ether oxygens (including phenoxy) is 2. The molecule has 6 nitrogen and oxygen atoms in total. The highest BCUT2D eigenvalue weighted by Gasteiger charge is 2.30. The summed E-state index contributed by atoms with van der Waals surface area (Å²) in [6.07, 6.45) is 0.742. The van der Waals surface area contributed by atoms with Crippen LogP contribution in [-0.2, 0) is 9.53 Å². The van der Waals surface area contributed by atoms with E-state index >= 15 is 0 Å². The van der Waals surface area contributed by atoms with Crippen molar-refractivity contribution < 1.29 is 14.3 Å². The fraction of sp³-hybridized carbons (Fsp3) is 0.429. The van der Waals surface area contributed by atoms with Crippen LogP contribution in [0, 0.1) is 18.3 Å². The monoisotopic (exact) mass is 275 g/mol. The summed E-state index contributed by atoms with van der Waals surface area (Å²) in [5, 5.41) is 8.87. The topological polar surface area (TPSA) is 97.4 Å². The average Bonchev–Trinajstić information content (AvgIpc) is 2.94. The Morgan fingerprint density at radius 2 is 2.40 bits per heavy atom. The van der Waals surface area contributed by atoms with Gasteiger partial charge in [0.15, 0.2) is 0 Å². The molecule has 1 fully saturated rings. The van der Waals surface area contributed by atoms with Crippen LogP contribution in [-0.4, -0.2) is 24.7 Å². The lowest BCUT2D eigenvalue weighted by Gasteiger charge is -2.15. The smallest absolute Gasteiger partial charge is 0.263 e. The van der Waals surface area contributed by atoms with Crippen molar-refractivity contribution in [2.75, 3.05) is 6.61 Å². The van der Waals surface area contributed by atoms with Crippen LogP contribution in [0.1, 0.15) is 24.0 Å². The van der Waals surface area contributed by atoms with Crippen molar-refractivity contribution in [3.8, 4) is 11.8 Å². The highest BCUT2D eigenvalue weighted by Crippen LogP contribution is 2.23. The van der Waals surface area contributed by atoms with Gasteiger partial charge in [-0.15, -0.1) is 0 Å². The third-order valence-corrected chi connectivity index (χ3v) is 3.28. The van der Waals surface area contributed by atoms with Crippen LogP contribution in [0.15, 0.2) is 18.2 Å². The van der Waals surface area contributed by atoms with Crippen molar-refractivity contribution in [2.45, 2.75) is 32.0 Å². The maximum atomic E-state index is 11.3. The van der Waals surface area contributed by atoms with Gasteiger partial charge in [-0.3, -0.25) is 10.2 Å². The predicted octanol–water partition coefficient (Wildman–Crippen LogP) is 0.783. The van der Waals surface area contributed by atoms with Crippen molar-refractivity contribution in [3.63, 3.8) is 0 Å². The van der Waals surface area contributed by atoms with Crippen LogP contribution in [0.3, 0.4) is 0 Å². The van der Waals surface area contributed by atoms with Gasteiger partial charge in [0.2, 0.25) is 0 Å². The number of hydrogen-bond donors (Lipinski definition) is 2. The molecular formula is C14H17N3O3. The van der Waals surface area contributed by atoms with E-state index in [9.17, 15) is 4.79 Å². The van der Waals surface area contributed by atoms with Gasteiger partial charge in [0, 0.05) is 0 Å². The number of hydrogen-bond acceptors (Lipinski definition) is 5. The van der Waals surface area contributed by atoms with Crippen molar-refractivity contribution >= 4 is 5.91 Å². The highest BCUT2D eigenvalue weighted by molar-refractivity contribution is 5.80. The summed E-state index contributed by atoms with van der Waals surface area (Å²) in [6.45, 7) is 2.26. The first-order valence-corrected chi connectivity index (χ1v) is 6.43. The molecule has 2 rings (SSSR count).